The van der Waals surface area contributed by atoms with Crippen LogP contribution in [0.5, 0.6) is 5.75 Å². The summed E-state index contributed by atoms with van der Waals surface area (Å²) in [5.41, 5.74) is 2.07. The highest BCUT2D eigenvalue weighted by Crippen LogP contribution is 2.21. The van der Waals surface area contributed by atoms with Gasteiger partial charge in [-0.2, -0.15) is 0 Å². The molecular weight excluding hydrogens is 224 g/mol. The summed E-state index contributed by atoms with van der Waals surface area (Å²) >= 11 is 0. The molecule has 0 saturated heterocycles. The molecule has 2 atom stereocenters. The third-order valence-corrected chi connectivity index (χ3v) is 2.93. The molecule has 0 amide bonds. The average Bonchev–Trinajstić information content (AvgIpc) is 2.41. The summed E-state index contributed by atoms with van der Waals surface area (Å²) in [6, 6.07) is 17.4. The minimum absolute atomic E-state index is 0.282. The van der Waals surface area contributed by atoms with E-state index >= 15 is 0 Å². The van der Waals surface area contributed by atoms with E-state index in [-0.39, 0.29) is 6.10 Å². The Bertz CT molecular complexity index is 476. The molecule has 0 aliphatic carbocycles. The molecule has 2 aromatic rings. The second kappa shape index (κ2) is 5.69. The third kappa shape index (κ3) is 3.11. The predicted molar refractivity (Wildman–Crippen MR) is 72.7 cm³/mol. The van der Waals surface area contributed by atoms with Crippen LogP contribution in [0.1, 0.15) is 24.2 Å². The lowest BCUT2D eigenvalue weighted by Crippen LogP contribution is -2.21. The van der Waals surface area contributed by atoms with Crippen molar-refractivity contribution in [2.45, 2.75) is 26.1 Å². The van der Waals surface area contributed by atoms with Gasteiger partial charge in [0.05, 0.1) is 0 Å². The Kier molecular flexibility index (Phi) is 4.00. The standard InChI is InChI=1S/C16H18O2/c1-12-8-10-15(11-9-12)18-13(2)16(17)14-6-4-3-5-7-14/h3-11,13,16-17H,1-2H3. The molecule has 0 radical (unpaired) electrons. The fourth-order valence-electron chi connectivity index (χ4n) is 1.82. The van der Waals surface area contributed by atoms with Crippen LogP contribution in [0.15, 0.2) is 54.6 Å². The Labute approximate surface area is 108 Å². The van der Waals surface area contributed by atoms with Crippen LogP contribution < -0.4 is 4.74 Å². The third-order valence-electron chi connectivity index (χ3n) is 2.93. The second-order valence-electron chi connectivity index (χ2n) is 4.49. The molecule has 0 aliphatic heterocycles. The number of ether oxygens (including phenoxy) is 1. The van der Waals surface area contributed by atoms with Crippen LogP contribution in [0, 0.1) is 6.92 Å². The van der Waals surface area contributed by atoms with Gasteiger partial charge < -0.3 is 9.84 Å². The first-order valence-electron chi connectivity index (χ1n) is 6.13. The summed E-state index contributed by atoms with van der Waals surface area (Å²) in [7, 11) is 0. The van der Waals surface area contributed by atoms with Crippen LogP contribution in [-0.2, 0) is 0 Å². The average molecular weight is 242 g/mol. The summed E-state index contributed by atoms with van der Waals surface area (Å²) in [6.07, 6.45) is -0.900. The van der Waals surface area contributed by atoms with Gasteiger partial charge >= 0.3 is 0 Å². The minimum Gasteiger partial charge on any atom is -0.488 e. The lowest BCUT2D eigenvalue weighted by Gasteiger charge is -2.21. The molecule has 0 aliphatic rings. The van der Waals surface area contributed by atoms with E-state index in [2.05, 4.69) is 0 Å². The maximum absolute atomic E-state index is 10.2. The molecule has 2 unspecified atom stereocenters. The van der Waals surface area contributed by atoms with Crippen LogP contribution in [0.2, 0.25) is 0 Å². The molecule has 0 heterocycles. The van der Waals surface area contributed by atoms with Crippen molar-refractivity contribution in [3.05, 3.63) is 65.7 Å². The lowest BCUT2D eigenvalue weighted by atomic mass is 10.1. The first-order chi connectivity index (χ1) is 8.66. The van der Waals surface area contributed by atoms with Crippen molar-refractivity contribution in [3.8, 4) is 5.75 Å². The minimum atomic E-state index is -0.618. The zero-order valence-corrected chi connectivity index (χ0v) is 10.7. The maximum atomic E-state index is 10.2. The van der Waals surface area contributed by atoms with Crippen molar-refractivity contribution in [3.63, 3.8) is 0 Å². The quantitative estimate of drug-likeness (QED) is 0.889. The van der Waals surface area contributed by atoms with Gasteiger partial charge in [-0.15, -0.1) is 0 Å². The van der Waals surface area contributed by atoms with Crippen molar-refractivity contribution < 1.29 is 9.84 Å². The van der Waals surface area contributed by atoms with Gasteiger partial charge in [0, 0.05) is 0 Å². The number of rotatable bonds is 4. The van der Waals surface area contributed by atoms with Gasteiger partial charge in [0.15, 0.2) is 0 Å². The highest BCUT2D eigenvalue weighted by Gasteiger charge is 2.17. The Morgan fingerprint density at radius 2 is 1.56 bits per heavy atom. The number of aliphatic hydroxyl groups excluding tert-OH is 1. The van der Waals surface area contributed by atoms with Crippen LogP contribution >= 0.6 is 0 Å². The fourth-order valence-corrected chi connectivity index (χ4v) is 1.82. The molecule has 0 saturated carbocycles. The van der Waals surface area contributed by atoms with E-state index < -0.39 is 6.10 Å². The van der Waals surface area contributed by atoms with Gasteiger partial charge in [-0.1, -0.05) is 48.0 Å². The summed E-state index contributed by atoms with van der Waals surface area (Å²) in [4.78, 5) is 0. The molecule has 0 spiro atoms. The number of benzene rings is 2. The maximum Gasteiger partial charge on any atom is 0.126 e. The largest absolute Gasteiger partial charge is 0.488 e. The number of aliphatic hydroxyl groups is 1. The van der Waals surface area contributed by atoms with Crippen molar-refractivity contribution in [2.75, 3.05) is 0 Å². The SMILES string of the molecule is Cc1ccc(OC(C)C(O)c2ccccc2)cc1. The van der Waals surface area contributed by atoms with E-state index in [1.807, 2.05) is 68.4 Å². The van der Waals surface area contributed by atoms with E-state index in [0.717, 1.165) is 11.3 Å². The Balaban J connectivity index is 2.03. The molecule has 2 aromatic carbocycles. The summed E-state index contributed by atoms with van der Waals surface area (Å²) in [5.74, 6) is 0.781. The zero-order valence-electron chi connectivity index (χ0n) is 10.7. The normalized spacial score (nSPS) is 13.9. The Hall–Kier alpha value is -1.80. The van der Waals surface area contributed by atoms with Gasteiger partial charge in [-0.05, 0) is 31.5 Å². The molecule has 0 aromatic heterocycles. The topological polar surface area (TPSA) is 29.5 Å². The molecule has 0 bridgehead atoms. The highest BCUT2D eigenvalue weighted by molar-refractivity contribution is 5.27. The summed E-state index contributed by atoms with van der Waals surface area (Å²) in [5, 5.41) is 10.2. The van der Waals surface area contributed by atoms with Gasteiger partial charge in [-0.25, -0.2) is 0 Å². The smallest absolute Gasteiger partial charge is 0.126 e. The number of hydrogen-bond acceptors (Lipinski definition) is 2. The molecule has 2 heteroatoms. The molecule has 1 N–H and O–H groups in total. The summed E-state index contributed by atoms with van der Waals surface area (Å²) in [6.45, 7) is 3.91. The fraction of sp³-hybridized carbons (Fsp3) is 0.250. The highest BCUT2D eigenvalue weighted by atomic mass is 16.5. The monoisotopic (exact) mass is 242 g/mol. The van der Waals surface area contributed by atoms with Crippen molar-refractivity contribution >= 4 is 0 Å². The Morgan fingerprint density at radius 3 is 2.17 bits per heavy atom. The van der Waals surface area contributed by atoms with E-state index in [9.17, 15) is 5.11 Å². The van der Waals surface area contributed by atoms with E-state index in [0.29, 0.717) is 0 Å². The van der Waals surface area contributed by atoms with Crippen molar-refractivity contribution in [1.82, 2.24) is 0 Å². The first-order valence-corrected chi connectivity index (χ1v) is 6.13. The van der Waals surface area contributed by atoms with Gasteiger partial charge in [0.25, 0.3) is 0 Å². The Morgan fingerprint density at radius 1 is 0.944 bits per heavy atom. The van der Waals surface area contributed by atoms with E-state index in [1.54, 1.807) is 0 Å². The zero-order chi connectivity index (χ0) is 13.0. The van der Waals surface area contributed by atoms with Crippen LogP contribution in [-0.4, -0.2) is 11.2 Å². The van der Waals surface area contributed by atoms with Gasteiger partial charge in [0.2, 0.25) is 0 Å². The van der Waals surface area contributed by atoms with Crippen LogP contribution in [0.3, 0.4) is 0 Å². The van der Waals surface area contributed by atoms with Crippen LogP contribution in [0.4, 0.5) is 0 Å². The van der Waals surface area contributed by atoms with Crippen molar-refractivity contribution in [2.24, 2.45) is 0 Å². The molecular formula is C16H18O2. The first kappa shape index (κ1) is 12.7. The van der Waals surface area contributed by atoms with Crippen molar-refractivity contribution in [1.29, 1.82) is 0 Å². The predicted octanol–water partition coefficient (Wildman–Crippen LogP) is 3.50. The van der Waals surface area contributed by atoms with Gasteiger partial charge in [0.1, 0.15) is 18.0 Å². The lowest BCUT2D eigenvalue weighted by molar-refractivity contribution is 0.0467. The molecule has 18 heavy (non-hydrogen) atoms. The van der Waals surface area contributed by atoms with Gasteiger partial charge in [-0.3, -0.25) is 0 Å². The number of aryl methyl sites for hydroxylation is 1. The molecule has 0 fully saturated rings. The van der Waals surface area contributed by atoms with Crippen LogP contribution in [0.25, 0.3) is 0 Å². The molecule has 2 rings (SSSR count). The second-order valence-corrected chi connectivity index (χ2v) is 4.49. The molecule has 94 valence electrons. The molecule has 2 nitrogen and oxygen atoms in total. The van der Waals surface area contributed by atoms with E-state index in [1.165, 1.54) is 5.56 Å². The number of hydrogen-bond donors (Lipinski definition) is 1. The van der Waals surface area contributed by atoms with E-state index in [4.69, 9.17) is 4.74 Å². The summed E-state index contributed by atoms with van der Waals surface area (Å²) < 4.78 is 5.74.